The number of amidine groups is 1. The second-order valence-corrected chi connectivity index (χ2v) is 19.3. The summed E-state index contributed by atoms with van der Waals surface area (Å²) in [5, 5.41) is 20.7. The molecule has 5 amide bonds. The summed E-state index contributed by atoms with van der Waals surface area (Å²) in [6, 6.07) is 10.9. The fraction of sp³-hybridized carbons (Fsp3) is 0.432. The SMILES string of the molecule is COc1cc(-c2cn(C)c(=O)c3cc(C(=N)NC4CCS(=O)(=O)CC4)sc23)ccc1OCC(=O)NCCCCCCCCNc1cccc2c1C(=O)N(C1CCC(=O)NC1=O)C2=O. The van der Waals surface area contributed by atoms with E-state index in [0.717, 1.165) is 54.6 Å². The highest BCUT2D eigenvalue weighted by molar-refractivity contribution is 7.91. The molecule has 0 aliphatic carbocycles. The van der Waals surface area contributed by atoms with Crippen molar-refractivity contribution in [1.82, 2.24) is 25.4 Å². The maximum Gasteiger partial charge on any atom is 0.264 e. The molecule has 17 nitrogen and oxygen atoms in total. The summed E-state index contributed by atoms with van der Waals surface area (Å²) in [7, 11) is 0.135. The van der Waals surface area contributed by atoms with Gasteiger partial charge in [-0.2, -0.15) is 0 Å². The fourth-order valence-corrected chi connectivity index (χ4v) is 10.7. The molecule has 3 aliphatic heterocycles. The summed E-state index contributed by atoms with van der Waals surface area (Å²) < 4.78 is 37.4. The van der Waals surface area contributed by atoms with Crippen molar-refractivity contribution in [3.63, 3.8) is 0 Å². The largest absolute Gasteiger partial charge is 0.493 e. The predicted molar refractivity (Wildman–Crippen MR) is 239 cm³/mol. The maximum atomic E-state index is 13.3. The second kappa shape index (κ2) is 19.5. The van der Waals surface area contributed by atoms with E-state index in [0.29, 0.717) is 58.1 Å². The zero-order valence-electron chi connectivity index (χ0n) is 35.2. The Morgan fingerprint density at radius 3 is 2.37 bits per heavy atom. The third kappa shape index (κ3) is 10.3. The van der Waals surface area contributed by atoms with E-state index in [1.807, 2.05) is 6.07 Å². The van der Waals surface area contributed by atoms with Crippen molar-refractivity contribution < 1.29 is 41.9 Å². The van der Waals surface area contributed by atoms with Gasteiger partial charge in [0.25, 0.3) is 23.3 Å². The Hall–Kier alpha value is -6.08. The monoisotopic (exact) mass is 901 g/mol. The minimum absolute atomic E-state index is 0.0628. The number of rotatable bonds is 18. The van der Waals surface area contributed by atoms with Gasteiger partial charge in [-0.3, -0.25) is 44.4 Å². The molecule has 334 valence electrons. The lowest BCUT2D eigenvalue weighted by atomic mass is 10.0. The quantitative estimate of drug-likeness (QED) is 0.0411. The highest BCUT2D eigenvalue weighted by Crippen LogP contribution is 2.38. The highest BCUT2D eigenvalue weighted by atomic mass is 32.2. The van der Waals surface area contributed by atoms with Gasteiger partial charge in [-0.15, -0.1) is 11.3 Å². The molecule has 0 radical (unpaired) electrons. The summed E-state index contributed by atoms with van der Waals surface area (Å²) >= 11 is 1.31. The van der Waals surface area contributed by atoms with Gasteiger partial charge >= 0.3 is 0 Å². The number of aryl methyl sites for hydroxylation is 1. The van der Waals surface area contributed by atoms with Crippen LogP contribution in [0.5, 0.6) is 11.5 Å². The molecule has 2 aromatic heterocycles. The summed E-state index contributed by atoms with van der Waals surface area (Å²) in [6.45, 7) is 0.891. The number of benzene rings is 2. The number of aromatic nitrogens is 1. The lowest BCUT2D eigenvalue weighted by molar-refractivity contribution is -0.136. The van der Waals surface area contributed by atoms with Gasteiger partial charge in [-0.25, -0.2) is 8.42 Å². The molecule has 63 heavy (non-hydrogen) atoms. The molecule has 5 heterocycles. The van der Waals surface area contributed by atoms with Crippen LogP contribution in [0.1, 0.15) is 89.8 Å². The Morgan fingerprint density at radius 2 is 1.63 bits per heavy atom. The average molecular weight is 902 g/mol. The first-order valence-corrected chi connectivity index (χ1v) is 23.7. The van der Waals surface area contributed by atoms with Crippen molar-refractivity contribution in [2.45, 2.75) is 76.3 Å². The number of thiophene rings is 1. The standard InChI is InChI=1S/C44H51N7O10S2/c1-50-24-30(39-29(42(50)55)23-35(62-39)40(45)48-27-16-20-63(58,59)21-17-27)26-12-14-33(34(22-26)60-2)61-25-37(53)47-19-8-6-4-3-5-7-18-46-31-11-9-10-28-38(31)44(57)51(43(28)56)32-13-15-36(52)49-41(32)54/h9-12,14,22-24,27,32,46H,3-8,13,15-21,25H2,1-2H3,(H2,45,48)(H,47,53)(H,49,52,54). The van der Waals surface area contributed by atoms with Gasteiger partial charge in [0.05, 0.1) is 40.0 Å². The Morgan fingerprint density at radius 1 is 0.905 bits per heavy atom. The van der Waals surface area contributed by atoms with Crippen molar-refractivity contribution >= 4 is 72.3 Å². The van der Waals surface area contributed by atoms with Crippen LogP contribution in [0, 0.1) is 5.41 Å². The number of nitrogens with zero attached hydrogens (tertiary/aromatic N) is 2. The number of amides is 5. The van der Waals surface area contributed by atoms with Gasteiger partial charge in [0.1, 0.15) is 21.7 Å². The van der Waals surface area contributed by atoms with E-state index >= 15 is 0 Å². The molecule has 3 aliphatic rings. The maximum absolute atomic E-state index is 13.3. The predicted octanol–water partition coefficient (Wildman–Crippen LogP) is 4.12. The van der Waals surface area contributed by atoms with E-state index in [4.69, 9.17) is 14.9 Å². The van der Waals surface area contributed by atoms with Crippen LogP contribution in [0.25, 0.3) is 21.2 Å². The number of fused-ring (bicyclic) bond motifs is 2. The third-order valence-electron chi connectivity index (χ3n) is 11.5. The van der Waals surface area contributed by atoms with Crippen molar-refractivity contribution in [3.05, 3.63) is 75.0 Å². The van der Waals surface area contributed by atoms with Crippen molar-refractivity contribution in [1.29, 1.82) is 5.41 Å². The van der Waals surface area contributed by atoms with E-state index in [-0.39, 0.29) is 65.4 Å². The molecular weight excluding hydrogens is 851 g/mol. The lowest BCUT2D eigenvalue weighted by Crippen LogP contribution is -2.54. The first kappa shape index (κ1) is 45.0. The molecule has 19 heteroatoms. The third-order valence-corrected chi connectivity index (χ3v) is 14.4. The van der Waals surface area contributed by atoms with E-state index in [1.165, 1.54) is 23.0 Å². The fourth-order valence-electron chi connectivity index (χ4n) is 8.11. The number of ether oxygens (including phenoxy) is 2. The van der Waals surface area contributed by atoms with E-state index in [1.54, 1.807) is 49.6 Å². The normalized spacial score (nSPS) is 17.4. The number of sulfone groups is 1. The molecule has 5 N–H and O–H groups in total. The summed E-state index contributed by atoms with van der Waals surface area (Å²) in [5.41, 5.74) is 2.33. The summed E-state index contributed by atoms with van der Waals surface area (Å²) in [4.78, 5) is 77.7. The first-order chi connectivity index (χ1) is 30.2. The number of anilines is 1. The average Bonchev–Trinajstić information content (AvgIpc) is 3.82. The van der Waals surface area contributed by atoms with Crippen LogP contribution in [-0.4, -0.2) is 104 Å². The second-order valence-electron chi connectivity index (χ2n) is 16.0. The molecule has 2 aromatic carbocycles. The van der Waals surface area contributed by atoms with Crippen LogP contribution in [0.2, 0.25) is 0 Å². The number of methoxy groups -OCH3 is 1. The van der Waals surface area contributed by atoms with E-state index < -0.39 is 39.5 Å². The van der Waals surface area contributed by atoms with Crippen molar-refractivity contribution in [2.75, 3.05) is 43.6 Å². The number of unbranched alkanes of at least 4 members (excludes halogenated alkanes) is 5. The Labute approximate surface area is 368 Å². The highest BCUT2D eigenvalue weighted by Gasteiger charge is 2.45. The zero-order chi connectivity index (χ0) is 44.8. The van der Waals surface area contributed by atoms with Gasteiger partial charge in [0.2, 0.25) is 11.8 Å². The number of hydrogen-bond acceptors (Lipinski definition) is 13. The van der Waals surface area contributed by atoms with Crippen LogP contribution in [0.15, 0.2) is 53.5 Å². The Kier molecular flexibility index (Phi) is 13.9. The van der Waals surface area contributed by atoms with Crippen LogP contribution in [-0.2, 0) is 31.3 Å². The minimum atomic E-state index is -3.04. The number of hydrogen-bond donors (Lipinski definition) is 5. The van der Waals surface area contributed by atoms with Gasteiger partial charge in [-0.1, -0.05) is 37.8 Å². The Balaban J connectivity index is 0.821. The number of carbonyl (C=O) groups is 5. The van der Waals surface area contributed by atoms with Crippen LogP contribution < -0.4 is 36.3 Å². The van der Waals surface area contributed by atoms with Gasteiger partial charge in [-0.05, 0) is 68.0 Å². The van der Waals surface area contributed by atoms with Gasteiger partial charge in [0.15, 0.2) is 18.1 Å². The molecule has 2 fully saturated rings. The van der Waals surface area contributed by atoms with E-state index in [2.05, 4.69) is 21.3 Å². The molecule has 2 saturated heterocycles. The zero-order valence-corrected chi connectivity index (χ0v) is 36.8. The first-order valence-electron chi connectivity index (χ1n) is 21.1. The molecule has 0 bridgehead atoms. The van der Waals surface area contributed by atoms with Gasteiger partial charge in [0, 0.05) is 54.7 Å². The smallest absolute Gasteiger partial charge is 0.264 e. The van der Waals surface area contributed by atoms with Crippen LogP contribution in [0.3, 0.4) is 0 Å². The van der Waals surface area contributed by atoms with E-state index in [9.17, 15) is 37.2 Å². The number of pyridine rings is 1. The summed E-state index contributed by atoms with van der Waals surface area (Å²) in [6.07, 6.45) is 8.24. The number of carbonyl (C=O) groups excluding carboxylic acids is 5. The molecule has 1 unspecified atom stereocenters. The molecule has 7 rings (SSSR count). The Bertz CT molecular complexity index is 2630. The number of imide groups is 2. The number of piperidine rings is 1. The topological polar surface area (TPSA) is 235 Å². The molecule has 0 saturated carbocycles. The lowest BCUT2D eigenvalue weighted by Gasteiger charge is -2.27. The molecule has 0 spiro atoms. The van der Waals surface area contributed by atoms with Crippen LogP contribution in [0.4, 0.5) is 5.69 Å². The molecule has 4 aromatic rings. The van der Waals surface area contributed by atoms with Crippen LogP contribution >= 0.6 is 11.3 Å². The van der Waals surface area contributed by atoms with Crippen molar-refractivity contribution in [3.8, 4) is 22.6 Å². The number of nitrogens with one attached hydrogen (secondary N) is 5. The summed E-state index contributed by atoms with van der Waals surface area (Å²) in [5.74, 6) is -1.30. The molecular formula is C44H51N7O10S2. The van der Waals surface area contributed by atoms with Gasteiger partial charge < -0.3 is 30.0 Å². The van der Waals surface area contributed by atoms with Crippen molar-refractivity contribution in [2.24, 2.45) is 7.05 Å². The minimum Gasteiger partial charge on any atom is -0.493 e. The molecule has 1 atom stereocenters.